The average molecular weight is 720 g/mol. The molecular formula is C43H49N3O7. The number of hydrogen-bond donors (Lipinski definition) is 1. The standard InChI is InChI=1S/C43H49N3O7/c1-4-26-45(29-31-16-20-35(21-17-31)52-33-12-8-6-9-13-33)42(48)40-37(24-25-44-50)38(28-39(47)51-3)41(40)43(49)46(27-5-2)30-32-18-22-36(23-19-32)53-34-14-10-7-11-15-34/h6-23,25,37-38,40-41,50H,4-5,24,26-30H2,1-3H3/t37-,38-,40-,41-/m1/s1. The van der Waals surface area contributed by atoms with Crippen LogP contribution in [0.15, 0.2) is 114 Å². The van der Waals surface area contributed by atoms with Crippen molar-refractivity contribution in [1.29, 1.82) is 0 Å². The molecule has 4 aromatic rings. The first-order valence-electron chi connectivity index (χ1n) is 18.3. The smallest absolute Gasteiger partial charge is 0.305 e. The Morgan fingerprint density at radius 1 is 0.642 bits per heavy atom. The number of oxime groups is 1. The molecule has 5 rings (SSSR count). The van der Waals surface area contributed by atoms with Crippen LogP contribution in [0.5, 0.6) is 23.0 Å². The number of hydrogen-bond acceptors (Lipinski definition) is 8. The van der Waals surface area contributed by atoms with Crippen molar-refractivity contribution in [2.45, 2.75) is 52.6 Å². The van der Waals surface area contributed by atoms with E-state index in [0.29, 0.717) is 50.5 Å². The zero-order valence-corrected chi connectivity index (χ0v) is 30.7. The molecule has 0 unspecified atom stereocenters. The minimum Gasteiger partial charge on any atom is -0.469 e. The Balaban J connectivity index is 1.38. The first-order chi connectivity index (χ1) is 25.8. The van der Waals surface area contributed by atoms with E-state index in [2.05, 4.69) is 5.16 Å². The highest BCUT2D eigenvalue weighted by atomic mass is 16.5. The molecule has 1 aliphatic carbocycles. The van der Waals surface area contributed by atoms with Crippen LogP contribution in [0, 0.1) is 23.7 Å². The van der Waals surface area contributed by atoms with Crippen LogP contribution in [0.3, 0.4) is 0 Å². The number of nitrogens with zero attached hydrogens (tertiary/aromatic N) is 3. The van der Waals surface area contributed by atoms with Gasteiger partial charge in [-0.05, 0) is 90.8 Å². The van der Waals surface area contributed by atoms with Crippen molar-refractivity contribution in [3.05, 3.63) is 120 Å². The molecule has 0 saturated heterocycles. The summed E-state index contributed by atoms with van der Waals surface area (Å²) in [6.07, 6.45) is 2.98. The van der Waals surface area contributed by atoms with Crippen LogP contribution in [0.2, 0.25) is 0 Å². The number of amides is 2. The fraction of sp³-hybridized carbons (Fsp3) is 0.349. The third-order valence-corrected chi connectivity index (χ3v) is 9.68. The number of esters is 1. The zero-order valence-electron chi connectivity index (χ0n) is 30.7. The largest absolute Gasteiger partial charge is 0.469 e. The topological polar surface area (TPSA) is 118 Å². The molecule has 0 aromatic heterocycles. The number of ether oxygens (including phenoxy) is 3. The molecule has 10 nitrogen and oxygen atoms in total. The van der Waals surface area contributed by atoms with Crippen LogP contribution >= 0.6 is 0 Å². The Bertz CT molecular complexity index is 1780. The van der Waals surface area contributed by atoms with Gasteiger partial charge in [0.1, 0.15) is 23.0 Å². The first kappa shape index (κ1) is 38.6. The maximum absolute atomic E-state index is 14.7. The summed E-state index contributed by atoms with van der Waals surface area (Å²) in [7, 11) is 1.32. The lowest BCUT2D eigenvalue weighted by molar-refractivity contribution is -0.171. The molecule has 0 bridgehead atoms. The summed E-state index contributed by atoms with van der Waals surface area (Å²) in [4.78, 5) is 45.6. The number of methoxy groups -OCH3 is 1. The number of benzene rings is 4. The monoisotopic (exact) mass is 719 g/mol. The van der Waals surface area contributed by atoms with Gasteiger partial charge in [0.25, 0.3) is 0 Å². The number of carbonyl (C=O) groups is 3. The van der Waals surface area contributed by atoms with E-state index in [1.54, 1.807) is 9.80 Å². The second-order valence-electron chi connectivity index (χ2n) is 13.3. The van der Waals surface area contributed by atoms with Crippen molar-refractivity contribution in [2.75, 3.05) is 20.2 Å². The van der Waals surface area contributed by atoms with Crippen molar-refractivity contribution in [2.24, 2.45) is 28.8 Å². The maximum atomic E-state index is 14.7. The van der Waals surface area contributed by atoms with E-state index in [1.165, 1.54) is 13.3 Å². The molecule has 4 atom stereocenters. The summed E-state index contributed by atoms with van der Waals surface area (Å²) in [5.41, 5.74) is 1.83. The highest BCUT2D eigenvalue weighted by Gasteiger charge is 2.58. The van der Waals surface area contributed by atoms with E-state index in [1.807, 2.05) is 123 Å². The van der Waals surface area contributed by atoms with Gasteiger partial charge in [-0.15, -0.1) is 5.16 Å². The van der Waals surface area contributed by atoms with Crippen molar-refractivity contribution in [1.82, 2.24) is 9.80 Å². The van der Waals surface area contributed by atoms with Crippen LogP contribution in [0.4, 0.5) is 0 Å². The Labute approximate surface area is 312 Å². The first-order valence-corrected chi connectivity index (χ1v) is 18.3. The van der Waals surface area contributed by atoms with E-state index in [4.69, 9.17) is 14.2 Å². The van der Waals surface area contributed by atoms with Gasteiger partial charge >= 0.3 is 5.97 Å². The molecule has 1 aliphatic rings. The molecular weight excluding hydrogens is 670 g/mol. The van der Waals surface area contributed by atoms with Gasteiger partial charge in [-0.3, -0.25) is 14.4 Å². The van der Waals surface area contributed by atoms with Gasteiger partial charge in [0, 0.05) is 38.8 Å². The third-order valence-electron chi connectivity index (χ3n) is 9.68. The highest BCUT2D eigenvalue weighted by molar-refractivity contribution is 5.91. The van der Waals surface area contributed by atoms with E-state index in [-0.39, 0.29) is 24.7 Å². The van der Waals surface area contributed by atoms with Crippen LogP contribution in [0.25, 0.3) is 0 Å². The van der Waals surface area contributed by atoms with Crippen molar-refractivity contribution < 1.29 is 33.8 Å². The minimum absolute atomic E-state index is 0.0250. The molecule has 53 heavy (non-hydrogen) atoms. The summed E-state index contributed by atoms with van der Waals surface area (Å²) in [6, 6.07) is 34.3. The molecule has 2 amide bonds. The molecule has 1 saturated carbocycles. The molecule has 278 valence electrons. The lowest BCUT2D eigenvalue weighted by Gasteiger charge is -2.52. The van der Waals surface area contributed by atoms with E-state index < -0.39 is 29.6 Å². The van der Waals surface area contributed by atoms with Crippen LogP contribution < -0.4 is 9.47 Å². The van der Waals surface area contributed by atoms with Gasteiger partial charge in [-0.2, -0.15) is 0 Å². The summed E-state index contributed by atoms with van der Waals surface area (Å²) in [5.74, 6) is -0.321. The second kappa shape index (κ2) is 19.3. The lowest BCUT2D eigenvalue weighted by atomic mass is 9.53. The van der Waals surface area contributed by atoms with Crippen LogP contribution in [-0.4, -0.2) is 59.2 Å². The summed E-state index contributed by atoms with van der Waals surface area (Å²) in [6.45, 7) is 5.65. The van der Waals surface area contributed by atoms with Gasteiger partial charge in [-0.1, -0.05) is 74.5 Å². The molecule has 4 aromatic carbocycles. The lowest BCUT2D eigenvalue weighted by Crippen LogP contribution is -2.60. The molecule has 0 heterocycles. The minimum atomic E-state index is -0.757. The number of rotatable bonds is 18. The van der Waals surface area contributed by atoms with Gasteiger partial charge in [0.2, 0.25) is 11.8 Å². The van der Waals surface area contributed by atoms with Crippen molar-refractivity contribution >= 4 is 24.0 Å². The molecule has 0 spiro atoms. The van der Waals surface area contributed by atoms with Gasteiger partial charge < -0.3 is 29.2 Å². The van der Waals surface area contributed by atoms with Crippen molar-refractivity contribution in [3.63, 3.8) is 0 Å². The quantitative estimate of drug-likeness (QED) is 0.0476. The molecule has 10 heteroatoms. The SMILES string of the molecule is CCCN(Cc1ccc(Oc2ccccc2)cc1)C(=O)[C@@H]1[C@H](CC=NO)[C@@H](CC(=O)OC)[C@H]1C(=O)N(CCC)Cc1ccc(Oc2ccccc2)cc1. The predicted octanol–water partition coefficient (Wildman–Crippen LogP) is 8.34. The summed E-state index contributed by atoms with van der Waals surface area (Å²) in [5, 5.41) is 12.6. The average Bonchev–Trinajstić information content (AvgIpc) is 3.18. The Kier molecular flexibility index (Phi) is 14.0. The molecule has 1 N–H and O–H groups in total. The van der Waals surface area contributed by atoms with Crippen LogP contribution in [0.1, 0.15) is 50.7 Å². The highest BCUT2D eigenvalue weighted by Crippen LogP contribution is 2.52. The predicted molar refractivity (Wildman–Crippen MR) is 203 cm³/mol. The zero-order chi connectivity index (χ0) is 37.6. The molecule has 0 aliphatic heterocycles. The van der Waals surface area contributed by atoms with Crippen molar-refractivity contribution in [3.8, 4) is 23.0 Å². The number of carbonyl (C=O) groups excluding carboxylic acids is 3. The van der Waals surface area contributed by atoms with E-state index in [9.17, 15) is 19.6 Å². The van der Waals surface area contributed by atoms with Gasteiger partial charge in [0.15, 0.2) is 0 Å². The molecule has 1 fully saturated rings. The Morgan fingerprint density at radius 2 is 1.06 bits per heavy atom. The second-order valence-corrected chi connectivity index (χ2v) is 13.3. The Hall–Kier alpha value is -5.64. The fourth-order valence-corrected chi connectivity index (χ4v) is 7.15. The van der Waals surface area contributed by atoms with Crippen LogP contribution in [-0.2, 0) is 32.2 Å². The maximum Gasteiger partial charge on any atom is 0.305 e. The fourth-order valence-electron chi connectivity index (χ4n) is 7.15. The van der Waals surface area contributed by atoms with Gasteiger partial charge in [-0.25, -0.2) is 0 Å². The van der Waals surface area contributed by atoms with Gasteiger partial charge in [0.05, 0.1) is 18.9 Å². The number of para-hydroxylation sites is 2. The Morgan fingerprint density at radius 3 is 1.45 bits per heavy atom. The summed E-state index contributed by atoms with van der Waals surface area (Å²) >= 11 is 0. The molecule has 0 radical (unpaired) electrons. The third kappa shape index (κ3) is 10.2. The van der Waals surface area contributed by atoms with E-state index >= 15 is 0 Å². The summed E-state index contributed by atoms with van der Waals surface area (Å²) < 4.78 is 17.0. The van der Waals surface area contributed by atoms with E-state index in [0.717, 1.165) is 22.6 Å². The normalized spacial score (nSPS) is 17.8.